The van der Waals surface area contributed by atoms with Gasteiger partial charge in [-0.1, -0.05) is 12.1 Å². The minimum Gasteiger partial charge on any atom is -0.339 e. The van der Waals surface area contributed by atoms with E-state index in [1.165, 1.54) is 0 Å². The first-order valence-electron chi connectivity index (χ1n) is 5.82. The molecule has 0 radical (unpaired) electrons. The smallest absolute Gasteiger partial charge is 0.254 e. The van der Waals surface area contributed by atoms with E-state index < -0.39 is 0 Å². The maximum atomic E-state index is 12.3. The molecule has 1 aromatic rings. The second-order valence-corrected chi connectivity index (χ2v) is 5.53. The number of alkyl halides is 1. The van der Waals surface area contributed by atoms with Gasteiger partial charge in [0, 0.05) is 23.4 Å². The molecule has 4 heteroatoms. The third-order valence-corrected chi connectivity index (χ3v) is 4.35. The minimum atomic E-state index is 0.116. The number of piperidine rings is 1. The molecule has 0 spiro atoms. The second kappa shape index (κ2) is 5.87. The van der Waals surface area contributed by atoms with Crippen LogP contribution in [-0.4, -0.2) is 29.8 Å². The Kier molecular flexibility index (Phi) is 4.46. The molecule has 0 bridgehead atoms. The molecule has 1 aliphatic heterocycles. The Balaban J connectivity index is 2.04. The Labute approximate surface area is 115 Å². The molecule has 17 heavy (non-hydrogen) atoms. The molecule has 1 heterocycles. The molecule has 2 rings (SSSR count). The number of carbonyl (C=O) groups is 1. The maximum absolute atomic E-state index is 12.3. The summed E-state index contributed by atoms with van der Waals surface area (Å²) >= 11 is 9.26. The molecule has 1 aromatic carbocycles. The molecule has 1 fully saturated rings. The highest BCUT2D eigenvalue weighted by Crippen LogP contribution is 2.23. The molecule has 0 atom stereocenters. The van der Waals surface area contributed by atoms with Gasteiger partial charge in [-0.3, -0.25) is 4.79 Å². The van der Waals surface area contributed by atoms with Crippen LogP contribution in [0, 0.1) is 5.92 Å². The summed E-state index contributed by atoms with van der Waals surface area (Å²) in [4.78, 5) is 14.2. The van der Waals surface area contributed by atoms with Crippen LogP contribution < -0.4 is 0 Å². The van der Waals surface area contributed by atoms with E-state index in [1.54, 1.807) is 0 Å². The summed E-state index contributed by atoms with van der Waals surface area (Å²) < 4.78 is 0.865. The molecule has 1 aliphatic rings. The molecular weight excluding hydrogens is 302 g/mol. The normalized spacial score (nSPS) is 17.2. The molecule has 2 nitrogen and oxygen atoms in total. The van der Waals surface area contributed by atoms with Gasteiger partial charge in [0.05, 0.1) is 5.56 Å². The molecule has 0 N–H and O–H groups in total. The number of nitrogens with zero attached hydrogens (tertiary/aromatic N) is 1. The highest BCUT2D eigenvalue weighted by molar-refractivity contribution is 9.10. The quantitative estimate of drug-likeness (QED) is 0.764. The van der Waals surface area contributed by atoms with Crippen LogP contribution in [0.25, 0.3) is 0 Å². The van der Waals surface area contributed by atoms with Gasteiger partial charge in [0.15, 0.2) is 0 Å². The van der Waals surface area contributed by atoms with Crippen molar-refractivity contribution in [3.8, 4) is 0 Å². The van der Waals surface area contributed by atoms with Crippen molar-refractivity contribution in [3.63, 3.8) is 0 Å². The number of halogens is 2. The number of rotatable bonds is 2. The van der Waals surface area contributed by atoms with Crippen molar-refractivity contribution in [1.29, 1.82) is 0 Å². The van der Waals surface area contributed by atoms with E-state index in [9.17, 15) is 4.79 Å². The summed E-state index contributed by atoms with van der Waals surface area (Å²) in [6, 6.07) is 7.57. The van der Waals surface area contributed by atoms with E-state index in [0.717, 1.165) is 36.0 Å². The SMILES string of the molecule is O=C(c1ccccc1Br)N1CCC(CCl)CC1. The lowest BCUT2D eigenvalue weighted by Crippen LogP contribution is -2.38. The van der Waals surface area contributed by atoms with Gasteiger partial charge in [-0.05, 0) is 46.8 Å². The average Bonchev–Trinajstić information content (AvgIpc) is 2.39. The van der Waals surface area contributed by atoms with Gasteiger partial charge >= 0.3 is 0 Å². The summed E-state index contributed by atoms with van der Waals surface area (Å²) in [5, 5.41) is 0. The van der Waals surface area contributed by atoms with Crippen LogP contribution in [0.15, 0.2) is 28.7 Å². The molecule has 0 aliphatic carbocycles. The van der Waals surface area contributed by atoms with Gasteiger partial charge in [0.25, 0.3) is 5.91 Å². The fourth-order valence-electron chi connectivity index (χ4n) is 2.10. The van der Waals surface area contributed by atoms with Crippen molar-refractivity contribution >= 4 is 33.4 Å². The Hall–Kier alpha value is -0.540. The first kappa shape index (κ1) is 12.9. The van der Waals surface area contributed by atoms with Gasteiger partial charge in [0.1, 0.15) is 0 Å². The topological polar surface area (TPSA) is 20.3 Å². The van der Waals surface area contributed by atoms with Gasteiger partial charge in [0.2, 0.25) is 0 Å². The fraction of sp³-hybridized carbons (Fsp3) is 0.462. The maximum Gasteiger partial charge on any atom is 0.254 e. The number of likely N-dealkylation sites (tertiary alicyclic amines) is 1. The second-order valence-electron chi connectivity index (χ2n) is 4.37. The van der Waals surface area contributed by atoms with Crippen LogP contribution >= 0.6 is 27.5 Å². The zero-order valence-electron chi connectivity index (χ0n) is 9.53. The molecule has 1 amide bonds. The zero-order chi connectivity index (χ0) is 12.3. The van der Waals surface area contributed by atoms with Gasteiger partial charge in [-0.15, -0.1) is 11.6 Å². The highest BCUT2D eigenvalue weighted by Gasteiger charge is 2.23. The van der Waals surface area contributed by atoms with Crippen molar-refractivity contribution in [2.45, 2.75) is 12.8 Å². The largest absolute Gasteiger partial charge is 0.339 e. The van der Waals surface area contributed by atoms with Crippen LogP contribution in [0.4, 0.5) is 0 Å². The Bertz CT molecular complexity index is 402. The van der Waals surface area contributed by atoms with Crippen molar-refractivity contribution in [1.82, 2.24) is 4.90 Å². The Morgan fingerprint density at radius 3 is 2.59 bits per heavy atom. The summed E-state index contributed by atoms with van der Waals surface area (Å²) in [6.07, 6.45) is 2.03. The first-order valence-corrected chi connectivity index (χ1v) is 7.15. The van der Waals surface area contributed by atoms with Gasteiger partial charge in [-0.25, -0.2) is 0 Å². The van der Waals surface area contributed by atoms with Crippen molar-refractivity contribution in [2.24, 2.45) is 5.92 Å². The first-order chi connectivity index (χ1) is 8.22. The summed E-state index contributed by atoms with van der Waals surface area (Å²) in [5.74, 6) is 1.39. The Morgan fingerprint density at radius 2 is 2.00 bits per heavy atom. The van der Waals surface area contributed by atoms with Crippen LogP contribution in [0.2, 0.25) is 0 Å². The fourth-order valence-corrected chi connectivity index (χ4v) is 2.86. The third-order valence-electron chi connectivity index (χ3n) is 3.22. The van der Waals surface area contributed by atoms with Gasteiger partial charge in [-0.2, -0.15) is 0 Å². The summed E-state index contributed by atoms with van der Waals surface area (Å²) in [6.45, 7) is 1.63. The van der Waals surface area contributed by atoms with E-state index >= 15 is 0 Å². The average molecular weight is 317 g/mol. The molecule has 92 valence electrons. The standard InChI is InChI=1S/C13H15BrClNO/c14-12-4-2-1-3-11(12)13(17)16-7-5-10(9-15)6-8-16/h1-4,10H,5-9H2. The molecule has 0 unspecified atom stereocenters. The predicted octanol–water partition coefficient (Wildman–Crippen LogP) is 3.54. The number of hydrogen-bond donors (Lipinski definition) is 0. The van der Waals surface area contributed by atoms with Crippen molar-refractivity contribution < 1.29 is 4.79 Å². The van der Waals surface area contributed by atoms with Crippen LogP contribution in [0.1, 0.15) is 23.2 Å². The number of amides is 1. The lowest BCUT2D eigenvalue weighted by atomic mass is 9.98. The molecule has 0 aromatic heterocycles. The van der Waals surface area contributed by atoms with Crippen LogP contribution in [0.3, 0.4) is 0 Å². The number of benzene rings is 1. The monoisotopic (exact) mass is 315 g/mol. The number of carbonyl (C=O) groups excluding carboxylic acids is 1. The predicted molar refractivity (Wildman–Crippen MR) is 73.5 cm³/mol. The van der Waals surface area contributed by atoms with E-state index in [4.69, 9.17) is 11.6 Å². The zero-order valence-corrected chi connectivity index (χ0v) is 11.9. The van der Waals surface area contributed by atoms with E-state index in [0.29, 0.717) is 11.8 Å². The summed E-state index contributed by atoms with van der Waals surface area (Å²) in [5.41, 5.74) is 0.747. The number of hydrogen-bond acceptors (Lipinski definition) is 1. The van der Waals surface area contributed by atoms with Crippen molar-refractivity contribution in [3.05, 3.63) is 34.3 Å². The molecular formula is C13H15BrClNO. The van der Waals surface area contributed by atoms with Crippen molar-refractivity contribution in [2.75, 3.05) is 19.0 Å². The Morgan fingerprint density at radius 1 is 1.35 bits per heavy atom. The molecule has 0 saturated carbocycles. The lowest BCUT2D eigenvalue weighted by Gasteiger charge is -2.31. The lowest BCUT2D eigenvalue weighted by molar-refractivity contribution is 0.0697. The van der Waals surface area contributed by atoms with Gasteiger partial charge < -0.3 is 4.90 Å². The summed E-state index contributed by atoms with van der Waals surface area (Å²) in [7, 11) is 0. The van der Waals surface area contributed by atoms with Crippen LogP contribution in [0.5, 0.6) is 0 Å². The molecule has 1 saturated heterocycles. The van der Waals surface area contributed by atoms with Crippen LogP contribution in [-0.2, 0) is 0 Å². The van der Waals surface area contributed by atoms with E-state index in [1.807, 2.05) is 29.2 Å². The highest BCUT2D eigenvalue weighted by atomic mass is 79.9. The van der Waals surface area contributed by atoms with E-state index in [2.05, 4.69) is 15.9 Å². The minimum absolute atomic E-state index is 0.116. The van der Waals surface area contributed by atoms with E-state index in [-0.39, 0.29) is 5.91 Å². The third kappa shape index (κ3) is 3.02.